The van der Waals surface area contributed by atoms with Gasteiger partial charge in [-0.3, -0.25) is 4.98 Å². The summed E-state index contributed by atoms with van der Waals surface area (Å²) in [6.07, 6.45) is 1.06. The fraction of sp³-hybridized carbons (Fsp3) is 0.0870. The number of aromatic nitrogens is 6. The summed E-state index contributed by atoms with van der Waals surface area (Å²) in [5.41, 5.74) is 8.78. The number of hydrogen-bond donors (Lipinski definition) is 1. The van der Waals surface area contributed by atoms with Crippen LogP contribution in [0.15, 0.2) is 65.6 Å². The Kier molecular flexibility index (Phi) is 4.89. The van der Waals surface area contributed by atoms with E-state index in [9.17, 15) is 13.6 Å². The molecule has 164 valence electrons. The Bertz CT molecular complexity index is 1520. The summed E-state index contributed by atoms with van der Waals surface area (Å²) >= 11 is 0. The fourth-order valence-electron chi connectivity index (χ4n) is 3.70. The predicted octanol–water partition coefficient (Wildman–Crippen LogP) is 3.23. The van der Waals surface area contributed by atoms with E-state index in [1.165, 1.54) is 22.6 Å². The van der Waals surface area contributed by atoms with Crippen LogP contribution in [0.5, 0.6) is 0 Å². The van der Waals surface area contributed by atoms with E-state index in [-0.39, 0.29) is 18.1 Å². The van der Waals surface area contributed by atoms with Crippen molar-refractivity contribution in [2.24, 2.45) is 0 Å². The van der Waals surface area contributed by atoms with Crippen molar-refractivity contribution in [3.05, 3.63) is 94.4 Å². The fourth-order valence-corrected chi connectivity index (χ4v) is 3.70. The number of nitrogen functional groups attached to an aromatic ring is 1. The Balaban J connectivity index is 1.81. The standard InChI is InChI=1S/C23H17F2N7O/c1-13-9-15(10-18(25)28-13)19-20(14-5-3-2-4-6-14)29-22(26)32-21(19)30-31(23(32)33)12-17-8-7-16(24)11-27-17/h2-11H,12H2,1H3,(H2,26,29). The van der Waals surface area contributed by atoms with Crippen LogP contribution in [0.4, 0.5) is 14.7 Å². The van der Waals surface area contributed by atoms with Crippen molar-refractivity contribution in [1.29, 1.82) is 0 Å². The first-order valence-corrected chi connectivity index (χ1v) is 10.00. The average Bonchev–Trinajstić information content (AvgIpc) is 3.11. The monoisotopic (exact) mass is 445 g/mol. The van der Waals surface area contributed by atoms with Gasteiger partial charge in [0, 0.05) is 17.3 Å². The second-order valence-corrected chi connectivity index (χ2v) is 7.45. The van der Waals surface area contributed by atoms with E-state index in [1.54, 1.807) is 13.0 Å². The number of nitrogens with two attached hydrogens (primary N) is 1. The molecule has 0 unspecified atom stereocenters. The van der Waals surface area contributed by atoms with Gasteiger partial charge in [-0.05, 0) is 30.7 Å². The molecule has 0 saturated heterocycles. The molecule has 0 aliphatic rings. The third-order valence-corrected chi connectivity index (χ3v) is 5.11. The highest BCUT2D eigenvalue weighted by Gasteiger charge is 2.22. The first-order valence-electron chi connectivity index (χ1n) is 10.00. The highest BCUT2D eigenvalue weighted by Crippen LogP contribution is 2.34. The van der Waals surface area contributed by atoms with E-state index in [0.29, 0.717) is 28.2 Å². The molecule has 0 radical (unpaired) electrons. The molecule has 0 amide bonds. The summed E-state index contributed by atoms with van der Waals surface area (Å²) < 4.78 is 29.8. The molecule has 0 aliphatic carbocycles. The van der Waals surface area contributed by atoms with Gasteiger partial charge >= 0.3 is 5.69 Å². The number of benzene rings is 1. The lowest BCUT2D eigenvalue weighted by Crippen LogP contribution is -2.24. The lowest BCUT2D eigenvalue weighted by atomic mass is 10.00. The molecule has 0 bridgehead atoms. The zero-order valence-electron chi connectivity index (χ0n) is 17.4. The van der Waals surface area contributed by atoms with E-state index in [4.69, 9.17) is 5.73 Å². The van der Waals surface area contributed by atoms with Crippen LogP contribution < -0.4 is 11.4 Å². The summed E-state index contributed by atoms with van der Waals surface area (Å²) in [6, 6.07) is 14.9. The normalized spacial score (nSPS) is 11.2. The maximum Gasteiger partial charge on any atom is 0.353 e. The Morgan fingerprint density at radius 2 is 1.79 bits per heavy atom. The maximum atomic E-state index is 14.2. The summed E-state index contributed by atoms with van der Waals surface area (Å²) in [4.78, 5) is 25.4. The Labute approximate surface area is 186 Å². The number of anilines is 1. The smallest absolute Gasteiger partial charge is 0.353 e. The molecule has 10 heteroatoms. The average molecular weight is 445 g/mol. The van der Waals surface area contributed by atoms with Crippen molar-refractivity contribution in [2.75, 3.05) is 5.73 Å². The van der Waals surface area contributed by atoms with Crippen molar-refractivity contribution in [1.82, 2.24) is 29.1 Å². The topological polar surface area (TPSA) is 104 Å². The largest absolute Gasteiger partial charge is 0.369 e. The van der Waals surface area contributed by atoms with Crippen LogP contribution in [0.1, 0.15) is 11.4 Å². The van der Waals surface area contributed by atoms with Crippen molar-refractivity contribution >= 4 is 11.6 Å². The molecule has 0 fully saturated rings. The van der Waals surface area contributed by atoms with E-state index in [1.807, 2.05) is 30.3 Å². The van der Waals surface area contributed by atoms with Crippen LogP contribution in [-0.4, -0.2) is 29.1 Å². The Morgan fingerprint density at radius 3 is 2.48 bits per heavy atom. The highest BCUT2D eigenvalue weighted by molar-refractivity contribution is 5.90. The van der Waals surface area contributed by atoms with Crippen molar-refractivity contribution in [2.45, 2.75) is 13.5 Å². The summed E-state index contributed by atoms with van der Waals surface area (Å²) in [5.74, 6) is -1.22. The molecule has 4 aromatic heterocycles. The minimum atomic E-state index is -0.670. The van der Waals surface area contributed by atoms with Crippen LogP contribution in [0.2, 0.25) is 0 Å². The molecule has 5 rings (SSSR count). The first kappa shape index (κ1) is 20.4. The number of nitrogens with zero attached hydrogens (tertiary/aromatic N) is 6. The number of pyridine rings is 2. The molecule has 1 aromatic carbocycles. The van der Waals surface area contributed by atoms with Gasteiger partial charge < -0.3 is 5.73 Å². The van der Waals surface area contributed by atoms with Crippen LogP contribution >= 0.6 is 0 Å². The number of hydrogen-bond acceptors (Lipinski definition) is 6. The molecule has 0 saturated carbocycles. The molecule has 5 aromatic rings. The molecule has 33 heavy (non-hydrogen) atoms. The Hall–Kier alpha value is -4.47. The van der Waals surface area contributed by atoms with Crippen LogP contribution in [0, 0.1) is 18.7 Å². The van der Waals surface area contributed by atoms with Gasteiger partial charge in [0.15, 0.2) is 5.65 Å². The van der Waals surface area contributed by atoms with E-state index in [2.05, 4.69) is 20.1 Å². The van der Waals surface area contributed by atoms with Crippen molar-refractivity contribution in [3.8, 4) is 22.4 Å². The number of halogens is 2. The zero-order valence-corrected chi connectivity index (χ0v) is 17.4. The molecular weight excluding hydrogens is 428 g/mol. The lowest BCUT2D eigenvalue weighted by Gasteiger charge is -2.12. The van der Waals surface area contributed by atoms with Gasteiger partial charge in [0.25, 0.3) is 0 Å². The quantitative estimate of drug-likeness (QED) is 0.426. The summed E-state index contributed by atoms with van der Waals surface area (Å²) in [7, 11) is 0. The molecule has 0 atom stereocenters. The predicted molar refractivity (Wildman–Crippen MR) is 118 cm³/mol. The number of rotatable bonds is 4. The SMILES string of the molecule is Cc1cc(-c2c(-c3ccccc3)nc(N)n3c(=O)n(Cc4ccc(F)cn4)nc23)cc(F)n1. The highest BCUT2D eigenvalue weighted by atomic mass is 19.1. The van der Waals surface area contributed by atoms with E-state index in [0.717, 1.165) is 16.4 Å². The Morgan fingerprint density at radius 1 is 1.00 bits per heavy atom. The zero-order chi connectivity index (χ0) is 23.1. The van der Waals surface area contributed by atoms with Gasteiger partial charge in [-0.25, -0.2) is 28.2 Å². The molecule has 8 nitrogen and oxygen atoms in total. The van der Waals surface area contributed by atoms with Gasteiger partial charge in [0.1, 0.15) is 5.82 Å². The maximum absolute atomic E-state index is 14.2. The lowest BCUT2D eigenvalue weighted by molar-refractivity contribution is 0.581. The van der Waals surface area contributed by atoms with Gasteiger partial charge in [-0.1, -0.05) is 30.3 Å². The van der Waals surface area contributed by atoms with E-state index < -0.39 is 17.5 Å². The van der Waals surface area contributed by atoms with Gasteiger partial charge in [-0.15, -0.1) is 5.10 Å². The van der Waals surface area contributed by atoms with Crippen molar-refractivity contribution in [3.63, 3.8) is 0 Å². The van der Waals surface area contributed by atoms with Gasteiger partial charge in [0.2, 0.25) is 11.9 Å². The molecule has 0 spiro atoms. The molecular formula is C23H17F2N7O. The number of aryl methyl sites for hydroxylation is 1. The molecule has 2 N–H and O–H groups in total. The van der Waals surface area contributed by atoms with Crippen LogP contribution in [0.3, 0.4) is 0 Å². The minimum Gasteiger partial charge on any atom is -0.369 e. The summed E-state index contributed by atoms with van der Waals surface area (Å²) in [5, 5.41) is 4.48. The van der Waals surface area contributed by atoms with Crippen LogP contribution in [-0.2, 0) is 6.54 Å². The molecule has 4 heterocycles. The third kappa shape index (κ3) is 3.71. The number of fused-ring (bicyclic) bond motifs is 1. The second kappa shape index (κ2) is 7.90. The summed E-state index contributed by atoms with van der Waals surface area (Å²) in [6.45, 7) is 1.66. The molecule has 0 aliphatic heterocycles. The minimum absolute atomic E-state index is 0.00984. The van der Waals surface area contributed by atoms with Gasteiger partial charge in [0.05, 0.1) is 29.7 Å². The van der Waals surface area contributed by atoms with Gasteiger partial charge in [-0.2, -0.15) is 4.39 Å². The third-order valence-electron chi connectivity index (χ3n) is 5.11. The second-order valence-electron chi connectivity index (χ2n) is 7.45. The van der Waals surface area contributed by atoms with Crippen LogP contribution in [0.25, 0.3) is 28.0 Å². The first-order chi connectivity index (χ1) is 15.9. The van der Waals surface area contributed by atoms with Crippen molar-refractivity contribution < 1.29 is 8.78 Å². The van der Waals surface area contributed by atoms with E-state index >= 15 is 0 Å².